The van der Waals surface area contributed by atoms with Crippen LogP contribution in [0.3, 0.4) is 0 Å². The number of epoxide rings is 1. The molecule has 8 atom stereocenters. The predicted molar refractivity (Wildman–Crippen MR) is 111 cm³/mol. The fourth-order valence-electron chi connectivity index (χ4n) is 5.41. The van der Waals surface area contributed by atoms with Gasteiger partial charge in [0.25, 0.3) is 0 Å². The van der Waals surface area contributed by atoms with Crippen molar-refractivity contribution in [1.29, 1.82) is 0 Å². The molecule has 8 unspecified atom stereocenters. The number of hydrogen-bond acceptors (Lipinski definition) is 8. The minimum absolute atomic E-state index is 0.309. The first-order chi connectivity index (χ1) is 15.2. The van der Waals surface area contributed by atoms with E-state index < -0.39 is 53.7 Å². The SMILES string of the molecule is CC1C(=O)OC2CC3(C)OC3C(OC(=O)c3ccccc3)C(N(C)C)C3C=C(OC3=O)C21. The van der Waals surface area contributed by atoms with Gasteiger partial charge in [0.2, 0.25) is 0 Å². The predicted octanol–water partition coefficient (Wildman–Crippen LogP) is 1.94. The van der Waals surface area contributed by atoms with E-state index in [-0.39, 0.29) is 11.9 Å². The molecule has 8 heteroatoms. The molecule has 3 aliphatic heterocycles. The molecule has 3 heterocycles. The third-order valence-electron chi connectivity index (χ3n) is 7.14. The maximum absolute atomic E-state index is 13.0. The van der Waals surface area contributed by atoms with E-state index in [0.717, 1.165) is 0 Å². The summed E-state index contributed by atoms with van der Waals surface area (Å²) in [6.45, 7) is 3.73. The Morgan fingerprint density at radius 2 is 1.88 bits per heavy atom. The minimum Gasteiger partial charge on any atom is -0.461 e. The van der Waals surface area contributed by atoms with Gasteiger partial charge in [0.15, 0.2) is 0 Å². The fourth-order valence-corrected chi connectivity index (χ4v) is 5.41. The van der Waals surface area contributed by atoms with Gasteiger partial charge >= 0.3 is 17.9 Å². The second-order valence-electron chi connectivity index (χ2n) is 9.55. The fraction of sp³-hybridized carbons (Fsp3) is 0.542. The highest BCUT2D eigenvalue weighted by atomic mass is 16.6. The van der Waals surface area contributed by atoms with Crippen LogP contribution in [0.15, 0.2) is 42.2 Å². The molecule has 2 saturated heterocycles. The summed E-state index contributed by atoms with van der Waals surface area (Å²) in [6, 6.07) is 8.24. The van der Waals surface area contributed by atoms with Gasteiger partial charge in [-0.2, -0.15) is 0 Å². The van der Waals surface area contributed by atoms with Crippen LogP contribution in [0.4, 0.5) is 0 Å². The molecule has 32 heavy (non-hydrogen) atoms. The number of benzene rings is 1. The summed E-state index contributed by atoms with van der Waals surface area (Å²) < 4.78 is 23.4. The topological polar surface area (TPSA) is 94.7 Å². The maximum atomic E-state index is 13.0. The Hall–Kier alpha value is -2.71. The van der Waals surface area contributed by atoms with Crippen LogP contribution in [0, 0.1) is 17.8 Å². The van der Waals surface area contributed by atoms with E-state index in [9.17, 15) is 14.4 Å². The second-order valence-corrected chi connectivity index (χ2v) is 9.55. The number of rotatable bonds is 3. The monoisotopic (exact) mass is 441 g/mol. The first-order valence-electron chi connectivity index (χ1n) is 10.9. The molecule has 1 aromatic rings. The van der Waals surface area contributed by atoms with Crippen molar-refractivity contribution in [3.63, 3.8) is 0 Å². The van der Waals surface area contributed by atoms with E-state index in [0.29, 0.717) is 17.7 Å². The Bertz CT molecular complexity index is 989. The van der Waals surface area contributed by atoms with E-state index in [4.69, 9.17) is 18.9 Å². The van der Waals surface area contributed by atoms with Crippen LogP contribution in [0.1, 0.15) is 30.6 Å². The highest BCUT2D eigenvalue weighted by molar-refractivity contribution is 5.89. The lowest BCUT2D eigenvalue weighted by Crippen LogP contribution is -2.51. The molecular weight excluding hydrogens is 414 g/mol. The van der Waals surface area contributed by atoms with Crippen LogP contribution in [-0.4, -0.2) is 66.9 Å². The molecule has 4 aliphatic rings. The first kappa shape index (κ1) is 21.2. The zero-order valence-corrected chi connectivity index (χ0v) is 18.5. The molecular formula is C24H27NO7. The lowest BCUT2D eigenvalue weighted by atomic mass is 9.80. The lowest BCUT2D eigenvalue weighted by molar-refractivity contribution is -0.145. The number of ether oxygens (including phenoxy) is 4. The van der Waals surface area contributed by atoms with Crippen molar-refractivity contribution in [3.05, 3.63) is 47.7 Å². The highest BCUT2D eigenvalue weighted by Crippen LogP contribution is 2.51. The lowest BCUT2D eigenvalue weighted by Gasteiger charge is -2.34. The minimum atomic E-state index is -0.720. The summed E-state index contributed by atoms with van der Waals surface area (Å²) in [6.07, 6.45) is 0.574. The van der Waals surface area contributed by atoms with Crippen LogP contribution in [0.25, 0.3) is 0 Å². The molecule has 2 bridgehead atoms. The van der Waals surface area contributed by atoms with E-state index >= 15 is 0 Å². The molecule has 0 saturated carbocycles. The number of fused-ring (bicyclic) bond motifs is 4. The van der Waals surface area contributed by atoms with Gasteiger partial charge in [0.05, 0.1) is 35.0 Å². The Kier molecular flexibility index (Phi) is 4.90. The van der Waals surface area contributed by atoms with Gasteiger partial charge in [-0.25, -0.2) is 4.79 Å². The standard InChI is InChI=1S/C24H27NO7/c1-12-17-15-10-14(23(28)29-15)18(25(3)4)19(31-22(27)13-8-6-5-7-9-13)20-24(2,32-20)11-16(17)30-21(12)26/h5-10,12,14,16-20H,11H2,1-4H3. The molecule has 0 radical (unpaired) electrons. The van der Waals surface area contributed by atoms with Crippen molar-refractivity contribution < 1.29 is 33.3 Å². The number of likely N-dealkylation sites (N-methyl/N-ethyl adjacent to an activating group) is 1. The molecule has 1 aromatic carbocycles. The molecule has 0 spiro atoms. The number of esters is 3. The molecule has 0 N–H and O–H groups in total. The van der Waals surface area contributed by atoms with Gasteiger partial charge in [-0.15, -0.1) is 0 Å². The maximum Gasteiger partial charge on any atom is 0.338 e. The smallest absolute Gasteiger partial charge is 0.338 e. The molecule has 1 aliphatic carbocycles. The zero-order valence-electron chi connectivity index (χ0n) is 18.5. The van der Waals surface area contributed by atoms with Gasteiger partial charge in [0.1, 0.15) is 24.1 Å². The average molecular weight is 441 g/mol. The Labute approximate surface area is 186 Å². The van der Waals surface area contributed by atoms with E-state index in [1.807, 2.05) is 32.0 Å². The molecule has 8 nitrogen and oxygen atoms in total. The summed E-state index contributed by atoms with van der Waals surface area (Å²) in [5.41, 5.74) is -0.225. The largest absolute Gasteiger partial charge is 0.461 e. The number of nitrogens with zero attached hydrogens (tertiary/aromatic N) is 1. The van der Waals surface area contributed by atoms with Crippen molar-refractivity contribution >= 4 is 17.9 Å². The van der Waals surface area contributed by atoms with Gasteiger partial charge in [-0.3, -0.25) is 9.59 Å². The zero-order chi connectivity index (χ0) is 22.8. The Morgan fingerprint density at radius 1 is 1.16 bits per heavy atom. The summed E-state index contributed by atoms with van der Waals surface area (Å²) in [7, 11) is 3.68. The molecule has 170 valence electrons. The van der Waals surface area contributed by atoms with Gasteiger partial charge in [-0.05, 0) is 39.2 Å². The molecule has 0 aromatic heterocycles. The molecule has 2 fully saturated rings. The van der Waals surface area contributed by atoms with Crippen molar-refractivity contribution in [2.24, 2.45) is 17.8 Å². The second kappa shape index (κ2) is 7.42. The quantitative estimate of drug-likeness (QED) is 0.399. The van der Waals surface area contributed by atoms with Crippen LogP contribution in [0.2, 0.25) is 0 Å². The third-order valence-corrected chi connectivity index (χ3v) is 7.14. The third kappa shape index (κ3) is 3.33. The first-order valence-corrected chi connectivity index (χ1v) is 10.9. The van der Waals surface area contributed by atoms with Gasteiger partial charge < -0.3 is 23.8 Å². The summed E-state index contributed by atoms with van der Waals surface area (Å²) in [5, 5.41) is 0. The van der Waals surface area contributed by atoms with Gasteiger partial charge in [-0.1, -0.05) is 25.1 Å². The normalized spacial score (nSPS) is 40.0. The van der Waals surface area contributed by atoms with Crippen LogP contribution >= 0.6 is 0 Å². The number of carbonyl (C=O) groups excluding carboxylic acids is 3. The summed E-state index contributed by atoms with van der Waals surface area (Å²) in [5.74, 6) is -2.17. The van der Waals surface area contributed by atoms with Crippen molar-refractivity contribution in [2.45, 2.75) is 50.2 Å². The van der Waals surface area contributed by atoms with Crippen molar-refractivity contribution in [3.8, 4) is 0 Å². The molecule has 5 rings (SSSR count). The van der Waals surface area contributed by atoms with Crippen molar-refractivity contribution in [2.75, 3.05) is 14.1 Å². The highest BCUT2D eigenvalue weighted by Gasteiger charge is 2.65. The van der Waals surface area contributed by atoms with Crippen LogP contribution in [0.5, 0.6) is 0 Å². The van der Waals surface area contributed by atoms with E-state index in [1.165, 1.54) is 0 Å². The van der Waals surface area contributed by atoms with Crippen LogP contribution in [-0.2, 0) is 28.5 Å². The van der Waals surface area contributed by atoms with E-state index in [1.54, 1.807) is 37.3 Å². The Balaban J connectivity index is 1.54. The summed E-state index contributed by atoms with van der Waals surface area (Å²) >= 11 is 0. The summed E-state index contributed by atoms with van der Waals surface area (Å²) in [4.78, 5) is 40.1. The van der Waals surface area contributed by atoms with Gasteiger partial charge in [0, 0.05) is 6.42 Å². The van der Waals surface area contributed by atoms with Crippen LogP contribution < -0.4 is 0 Å². The number of carbonyl (C=O) groups is 3. The number of hydrogen-bond donors (Lipinski definition) is 0. The Morgan fingerprint density at radius 3 is 2.56 bits per heavy atom. The van der Waals surface area contributed by atoms with Crippen molar-refractivity contribution in [1.82, 2.24) is 4.90 Å². The van der Waals surface area contributed by atoms with E-state index in [2.05, 4.69) is 0 Å². The molecule has 0 amide bonds. The average Bonchev–Trinajstić information content (AvgIpc) is 3.14.